The fourth-order valence-corrected chi connectivity index (χ4v) is 2.54. The van der Waals surface area contributed by atoms with Crippen molar-refractivity contribution in [3.05, 3.63) is 71.1 Å². The van der Waals surface area contributed by atoms with Crippen molar-refractivity contribution >= 4 is 50.3 Å². The zero-order chi connectivity index (χ0) is 17.6. The average Bonchev–Trinajstić information content (AvgIpc) is 3.03. The normalized spacial score (nSPS) is 10.9. The average molecular weight is 400 g/mol. The van der Waals surface area contributed by atoms with E-state index in [1.165, 1.54) is 12.2 Å². The van der Waals surface area contributed by atoms with Crippen molar-refractivity contribution in [2.45, 2.75) is 0 Å². The van der Waals surface area contributed by atoms with Gasteiger partial charge in [0.25, 0.3) is 5.91 Å². The molecule has 0 fully saturated rings. The molecular formula is C19H14BrNO4. The zero-order valence-electron chi connectivity index (χ0n) is 13.1. The third-order valence-electron chi connectivity index (χ3n) is 3.36. The number of furan rings is 1. The third kappa shape index (κ3) is 4.81. The number of amides is 1. The molecule has 0 spiro atoms. The Kier molecular flexibility index (Phi) is 5.30. The minimum absolute atomic E-state index is 0.363. The molecule has 1 N–H and O–H groups in total. The van der Waals surface area contributed by atoms with Crippen molar-refractivity contribution in [2.24, 2.45) is 0 Å². The van der Waals surface area contributed by atoms with E-state index >= 15 is 0 Å². The first kappa shape index (κ1) is 17.0. The van der Waals surface area contributed by atoms with Gasteiger partial charge in [-0.25, -0.2) is 4.79 Å². The van der Waals surface area contributed by atoms with Crippen molar-refractivity contribution in [3.8, 4) is 0 Å². The van der Waals surface area contributed by atoms with Crippen molar-refractivity contribution in [1.29, 1.82) is 0 Å². The second-order valence-electron chi connectivity index (χ2n) is 5.19. The van der Waals surface area contributed by atoms with Gasteiger partial charge in [-0.15, -0.1) is 0 Å². The molecule has 2 aromatic carbocycles. The standard InChI is InChI=1S/C19H14BrNO4/c20-17-9-7-16(25-17)8-10-19(23)24-12-18(22)21-15-6-5-13-3-1-2-4-14(13)11-15/h1-11H,12H2,(H,21,22)/b10-8+. The minimum Gasteiger partial charge on any atom is -0.452 e. The number of anilines is 1. The molecule has 3 aromatic rings. The number of fused-ring (bicyclic) bond motifs is 1. The predicted molar refractivity (Wildman–Crippen MR) is 99.0 cm³/mol. The summed E-state index contributed by atoms with van der Waals surface area (Å²) in [6, 6.07) is 16.8. The van der Waals surface area contributed by atoms with Crippen LogP contribution in [0.25, 0.3) is 16.8 Å². The first-order valence-corrected chi connectivity index (χ1v) is 8.28. The lowest BCUT2D eigenvalue weighted by Gasteiger charge is -2.06. The highest BCUT2D eigenvalue weighted by molar-refractivity contribution is 9.10. The topological polar surface area (TPSA) is 68.5 Å². The van der Waals surface area contributed by atoms with E-state index < -0.39 is 11.9 Å². The Morgan fingerprint density at radius 3 is 2.64 bits per heavy atom. The number of rotatable bonds is 5. The van der Waals surface area contributed by atoms with Gasteiger partial charge in [0, 0.05) is 11.8 Å². The van der Waals surface area contributed by atoms with Crippen molar-refractivity contribution in [1.82, 2.24) is 0 Å². The monoisotopic (exact) mass is 399 g/mol. The summed E-state index contributed by atoms with van der Waals surface area (Å²) in [6.45, 7) is -0.363. The zero-order valence-corrected chi connectivity index (χ0v) is 14.7. The van der Waals surface area contributed by atoms with Crippen molar-refractivity contribution in [2.75, 3.05) is 11.9 Å². The Morgan fingerprint density at radius 2 is 1.88 bits per heavy atom. The molecule has 0 radical (unpaired) electrons. The van der Waals surface area contributed by atoms with Crippen LogP contribution in [-0.4, -0.2) is 18.5 Å². The molecule has 25 heavy (non-hydrogen) atoms. The molecule has 6 heteroatoms. The van der Waals surface area contributed by atoms with E-state index in [9.17, 15) is 9.59 Å². The van der Waals surface area contributed by atoms with Gasteiger partial charge in [-0.1, -0.05) is 30.3 Å². The molecule has 0 bridgehead atoms. The van der Waals surface area contributed by atoms with Gasteiger partial charge in [-0.2, -0.15) is 0 Å². The van der Waals surface area contributed by atoms with Crippen LogP contribution in [0.2, 0.25) is 0 Å². The highest BCUT2D eigenvalue weighted by Crippen LogP contribution is 2.18. The Hall–Kier alpha value is -2.86. The van der Waals surface area contributed by atoms with Gasteiger partial charge in [0.05, 0.1) is 0 Å². The molecule has 5 nitrogen and oxygen atoms in total. The molecule has 3 rings (SSSR count). The summed E-state index contributed by atoms with van der Waals surface area (Å²) in [4.78, 5) is 23.5. The lowest BCUT2D eigenvalue weighted by molar-refractivity contribution is -0.142. The number of carbonyl (C=O) groups excluding carboxylic acids is 2. The van der Waals surface area contributed by atoms with E-state index in [1.54, 1.807) is 18.2 Å². The molecule has 0 aliphatic heterocycles. The Morgan fingerprint density at radius 1 is 1.08 bits per heavy atom. The van der Waals surface area contributed by atoms with Crippen LogP contribution in [0.4, 0.5) is 5.69 Å². The van der Waals surface area contributed by atoms with Crippen LogP contribution < -0.4 is 5.32 Å². The number of halogens is 1. The third-order valence-corrected chi connectivity index (χ3v) is 3.78. The molecule has 0 saturated heterocycles. The minimum atomic E-state index is -0.624. The van der Waals surface area contributed by atoms with Gasteiger partial charge in [0.15, 0.2) is 11.3 Å². The lowest BCUT2D eigenvalue weighted by Crippen LogP contribution is -2.20. The molecule has 1 amide bonds. The first-order valence-electron chi connectivity index (χ1n) is 7.49. The Balaban J connectivity index is 1.51. The predicted octanol–water partition coefficient (Wildman–Crippen LogP) is 4.39. The van der Waals surface area contributed by atoms with Gasteiger partial charge < -0.3 is 14.5 Å². The summed E-state index contributed by atoms with van der Waals surface area (Å²) >= 11 is 3.17. The molecule has 0 atom stereocenters. The summed E-state index contributed by atoms with van der Waals surface area (Å²) in [5.41, 5.74) is 0.649. The van der Waals surface area contributed by atoms with Crippen LogP contribution in [0.1, 0.15) is 5.76 Å². The maximum absolute atomic E-state index is 11.9. The molecule has 0 aliphatic rings. The number of ether oxygens (including phenoxy) is 1. The van der Waals surface area contributed by atoms with Crippen LogP contribution >= 0.6 is 15.9 Å². The number of hydrogen-bond acceptors (Lipinski definition) is 4. The van der Waals surface area contributed by atoms with Gasteiger partial charge in [0.1, 0.15) is 5.76 Å². The highest BCUT2D eigenvalue weighted by atomic mass is 79.9. The van der Waals surface area contributed by atoms with Crippen LogP contribution in [0.5, 0.6) is 0 Å². The number of carbonyl (C=O) groups is 2. The fourth-order valence-electron chi connectivity index (χ4n) is 2.22. The van der Waals surface area contributed by atoms with Gasteiger partial charge >= 0.3 is 5.97 Å². The summed E-state index contributed by atoms with van der Waals surface area (Å²) in [6.07, 6.45) is 2.67. The Labute approximate surface area is 152 Å². The number of esters is 1. The molecule has 1 heterocycles. The van der Waals surface area contributed by atoms with Crippen LogP contribution in [-0.2, 0) is 14.3 Å². The SMILES string of the molecule is O=C(COC(=O)/C=C/c1ccc(Br)o1)Nc1ccc2ccccc2c1. The smallest absolute Gasteiger partial charge is 0.331 e. The maximum Gasteiger partial charge on any atom is 0.331 e. The van der Waals surface area contributed by atoms with E-state index in [2.05, 4.69) is 21.2 Å². The highest BCUT2D eigenvalue weighted by Gasteiger charge is 2.06. The summed E-state index contributed by atoms with van der Waals surface area (Å²) in [5, 5.41) is 4.80. The lowest BCUT2D eigenvalue weighted by atomic mass is 10.1. The molecular weight excluding hydrogens is 386 g/mol. The van der Waals surface area contributed by atoms with Crippen molar-refractivity contribution < 1.29 is 18.7 Å². The Bertz CT molecular complexity index is 945. The number of benzene rings is 2. The van der Waals surface area contributed by atoms with Gasteiger partial charge in [-0.3, -0.25) is 4.79 Å². The quantitative estimate of drug-likeness (QED) is 0.510. The van der Waals surface area contributed by atoms with E-state index in [1.807, 2.05) is 36.4 Å². The van der Waals surface area contributed by atoms with Crippen molar-refractivity contribution in [3.63, 3.8) is 0 Å². The summed E-state index contributed by atoms with van der Waals surface area (Å²) in [7, 11) is 0. The van der Waals surface area contributed by atoms with E-state index in [0.717, 1.165) is 10.8 Å². The van der Waals surface area contributed by atoms with Crippen LogP contribution in [0.15, 0.2) is 69.8 Å². The maximum atomic E-state index is 11.9. The fraction of sp³-hybridized carbons (Fsp3) is 0.0526. The molecule has 126 valence electrons. The largest absolute Gasteiger partial charge is 0.452 e. The number of hydrogen-bond donors (Lipinski definition) is 1. The number of nitrogens with one attached hydrogen (secondary N) is 1. The molecule has 0 saturated carbocycles. The van der Waals surface area contributed by atoms with E-state index in [-0.39, 0.29) is 6.61 Å². The van der Waals surface area contributed by atoms with E-state index in [4.69, 9.17) is 9.15 Å². The van der Waals surface area contributed by atoms with Crippen LogP contribution in [0.3, 0.4) is 0 Å². The second-order valence-corrected chi connectivity index (χ2v) is 5.97. The molecule has 0 aliphatic carbocycles. The molecule has 1 aromatic heterocycles. The first-order chi connectivity index (χ1) is 12.1. The van der Waals surface area contributed by atoms with Gasteiger partial charge in [0.2, 0.25) is 0 Å². The second kappa shape index (κ2) is 7.81. The summed E-state index contributed by atoms with van der Waals surface area (Å²) in [5.74, 6) is -0.525. The van der Waals surface area contributed by atoms with Gasteiger partial charge in [-0.05, 0) is 57.0 Å². The van der Waals surface area contributed by atoms with Crippen LogP contribution in [0, 0.1) is 0 Å². The molecule has 0 unspecified atom stereocenters. The van der Waals surface area contributed by atoms with E-state index in [0.29, 0.717) is 16.1 Å². The summed E-state index contributed by atoms with van der Waals surface area (Å²) < 4.78 is 10.7.